The van der Waals surface area contributed by atoms with Gasteiger partial charge in [0.1, 0.15) is 26.2 Å². The van der Waals surface area contributed by atoms with Crippen LogP contribution in [0, 0.1) is 0 Å². The monoisotopic (exact) mass is 312 g/mol. The highest BCUT2D eigenvalue weighted by Gasteiger charge is 2.47. The molecule has 0 aromatic carbocycles. The summed E-state index contributed by atoms with van der Waals surface area (Å²) in [6, 6.07) is -0.722. The smallest absolute Gasteiger partial charge is 0.376 e. The Bertz CT molecular complexity index is 356. The van der Waals surface area contributed by atoms with E-state index in [2.05, 4.69) is 0 Å². The van der Waals surface area contributed by atoms with Gasteiger partial charge >= 0.3 is 7.82 Å². The van der Waals surface area contributed by atoms with Gasteiger partial charge < -0.3 is 14.4 Å². The summed E-state index contributed by atoms with van der Waals surface area (Å²) in [7, 11) is -2.78. The fraction of sp³-hybridized carbons (Fsp3) is 1.00. The van der Waals surface area contributed by atoms with E-state index in [0.717, 1.165) is 0 Å². The lowest BCUT2D eigenvalue weighted by Crippen LogP contribution is -2.35. The van der Waals surface area contributed by atoms with Gasteiger partial charge in [-0.25, -0.2) is 8.96 Å². The molecule has 1 fully saturated rings. The molecule has 0 radical (unpaired) electrons. The molecule has 0 bridgehead atoms. The van der Waals surface area contributed by atoms with Gasteiger partial charge in [-0.05, 0) is 27.7 Å². The van der Waals surface area contributed by atoms with E-state index in [1.54, 1.807) is 21.7 Å². The Balaban J connectivity index is 2.69. The quantitative estimate of drug-likeness (QED) is 0.559. The maximum atomic E-state index is 14.0. The second-order valence-corrected chi connectivity index (χ2v) is 6.76. The summed E-state index contributed by atoms with van der Waals surface area (Å²) < 4.78 is 46.3. The SMILES string of the molecule is B[C@@H]1O[C@H](COC(C)C)C(OP(=O)(O)OC(C)C)[C@H]1F. The minimum Gasteiger partial charge on any atom is -0.376 e. The zero-order chi connectivity index (χ0) is 15.5. The average Bonchev–Trinajstić information content (AvgIpc) is 2.52. The number of alkyl halides is 1. The number of hydrogen-bond donors (Lipinski definition) is 1. The predicted octanol–water partition coefficient (Wildman–Crippen LogP) is 1.02. The maximum Gasteiger partial charge on any atom is 0.472 e. The van der Waals surface area contributed by atoms with Gasteiger partial charge in [0, 0.05) is 0 Å². The first kappa shape index (κ1) is 18.1. The third kappa shape index (κ3) is 5.43. The van der Waals surface area contributed by atoms with Crippen LogP contribution in [0.15, 0.2) is 0 Å². The lowest BCUT2D eigenvalue weighted by atomic mass is 9.94. The molecule has 0 saturated carbocycles. The van der Waals surface area contributed by atoms with Crippen molar-refractivity contribution in [3.8, 4) is 0 Å². The summed E-state index contributed by atoms with van der Waals surface area (Å²) in [5.41, 5.74) is 0. The molecule has 1 aliphatic heterocycles. The van der Waals surface area contributed by atoms with Crippen LogP contribution in [0.25, 0.3) is 0 Å². The Kier molecular flexibility index (Phi) is 6.63. The third-order valence-corrected chi connectivity index (χ3v) is 3.91. The van der Waals surface area contributed by atoms with Crippen LogP contribution in [0.3, 0.4) is 0 Å². The van der Waals surface area contributed by atoms with Crippen LogP contribution in [-0.2, 0) is 23.1 Å². The summed E-state index contributed by atoms with van der Waals surface area (Å²) >= 11 is 0. The molecule has 1 aliphatic rings. The molecule has 5 atom stereocenters. The molecule has 2 unspecified atom stereocenters. The largest absolute Gasteiger partial charge is 0.472 e. The molecule has 118 valence electrons. The third-order valence-electron chi connectivity index (χ3n) is 2.71. The highest BCUT2D eigenvalue weighted by Crippen LogP contribution is 2.48. The van der Waals surface area contributed by atoms with Gasteiger partial charge in [-0.3, -0.25) is 9.05 Å². The fourth-order valence-electron chi connectivity index (χ4n) is 1.89. The molecule has 0 aromatic heterocycles. The normalized spacial score (nSPS) is 33.8. The summed E-state index contributed by atoms with van der Waals surface area (Å²) in [4.78, 5) is 9.59. The van der Waals surface area contributed by atoms with E-state index in [-0.39, 0.29) is 12.7 Å². The fourth-order valence-corrected chi connectivity index (χ4v) is 3.04. The van der Waals surface area contributed by atoms with E-state index in [1.807, 2.05) is 13.8 Å². The average molecular weight is 312 g/mol. The second-order valence-electron chi connectivity index (χ2n) is 5.40. The number of rotatable bonds is 7. The van der Waals surface area contributed by atoms with Crippen molar-refractivity contribution in [1.82, 2.24) is 0 Å². The van der Waals surface area contributed by atoms with Crippen molar-refractivity contribution in [3.63, 3.8) is 0 Å². The molecule has 1 N–H and O–H groups in total. The van der Waals surface area contributed by atoms with Gasteiger partial charge in [-0.15, -0.1) is 0 Å². The van der Waals surface area contributed by atoms with Gasteiger partial charge in [0.15, 0.2) is 0 Å². The standard InChI is InChI=1S/C11H23BFO6P/c1-6(2)16-5-8-10(9(13)11(12)17-8)19-20(14,15)18-7(3)4/h6-11H,5,12H2,1-4H3,(H,14,15)/t8-,9-,10?,11-/m1/s1. The van der Waals surface area contributed by atoms with Crippen LogP contribution in [0.1, 0.15) is 27.7 Å². The van der Waals surface area contributed by atoms with E-state index < -0.39 is 38.3 Å². The Morgan fingerprint density at radius 1 is 1.35 bits per heavy atom. The van der Waals surface area contributed by atoms with Gasteiger partial charge in [-0.2, -0.15) is 0 Å². The first-order valence-electron chi connectivity index (χ1n) is 6.73. The van der Waals surface area contributed by atoms with Gasteiger partial charge in [-0.1, -0.05) is 0 Å². The molecule has 0 spiro atoms. The number of ether oxygens (including phenoxy) is 2. The van der Waals surface area contributed by atoms with Crippen LogP contribution in [0.4, 0.5) is 4.39 Å². The first-order chi connectivity index (χ1) is 9.12. The van der Waals surface area contributed by atoms with Crippen molar-refractivity contribution < 1.29 is 32.4 Å². The molecule has 0 aromatic rings. The van der Waals surface area contributed by atoms with Crippen molar-refractivity contribution in [2.24, 2.45) is 0 Å². The Hall–Kier alpha value is 0.0249. The van der Waals surface area contributed by atoms with Crippen LogP contribution < -0.4 is 0 Å². The van der Waals surface area contributed by atoms with Crippen LogP contribution in [0.5, 0.6) is 0 Å². The zero-order valence-electron chi connectivity index (χ0n) is 12.5. The molecular weight excluding hydrogens is 289 g/mol. The molecular formula is C11H23BFO6P. The van der Waals surface area contributed by atoms with Crippen molar-refractivity contribution >= 4 is 15.7 Å². The van der Waals surface area contributed by atoms with E-state index >= 15 is 0 Å². The first-order valence-corrected chi connectivity index (χ1v) is 8.22. The predicted molar refractivity (Wildman–Crippen MR) is 74.1 cm³/mol. The highest BCUT2D eigenvalue weighted by molar-refractivity contribution is 7.47. The van der Waals surface area contributed by atoms with Crippen LogP contribution in [0.2, 0.25) is 0 Å². The second kappa shape index (κ2) is 7.34. The Morgan fingerprint density at radius 3 is 2.45 bits per heavy atom. The van der Waals surface area contributed by atoms with Crippen molar-refractivity contribution in [1.29, 1.82) is 0 Å². The van der Waals surface area contributed by atoms with Crippen molar-refractivity contribution in [2.75, 3.05) is 6.61 Å². The van der Waals surface area contributed by atoms with E-state index in [4.69, 9.17) is 18.5 Å². The molecule has 6 nitrogen and oxygen atoms in total. The van der Waals surface area contributed by atoms with E-state index in [1.165, 1.54) is 0 Å². The maximum absolute atomic E-state index is 14.0. The van der Waals surface area contributed by atoms with E-state index in [0.29, 0.717) is 0 Å². The topological polar surface area (TPSA) is 74.2 Å². The number of hydrogen-bond acceptors (Lipinski definition) is 5. The lowest BCUT2D eigenvalue weighted by molar-refractivity contribution is -0.0493. The van der Waals surface area contributed by atoms with Crippen molar-refractivity contribution in [2.45, 2.75) is 64.3 Å². The minimum atomic E-state index is -4.32. The molecule has 1 saturated heterocycles. The van der Waals surface area contributed by atoms with Gasteiger partial charge in [0.2, 0.25) is 0 Å². The molecule has 0 aliphatic carbocycles. The summed E-state index contributed by atoms with van der Waals surface area (Å²) in [6.07, 6.45) is -3.99. The highest BCUT2D eigenvalue weighted by atomic mass is 31.2. The van der Waals surface area contributed by atoms with Crippen LogP contribution >= 0.6 is 7.82 Å². The molecule has 20 heavy (non-hydrogen) atoms. The summed E-state index contributed by atoms with van der Waals surface area (Å²) in [5.74, 6) is 0. The van der Waals surface area contributed by atoms with Crippen LogP contribution in [-0.4, -0.2) is 55.9 Å². The van der Waals surface area contributed by atoms with E-state index in [9.17, 15) is 13.8 Å². The zero-order valence-corrected chi connectivity index (χ0v) is 13.4. The van der Waals surface area contributed by atoms with Gasteiger partial charge in [0.05, 0.1) is 24.8 Å². The Labute approximate surface area is 119 Å². The molecule has 1 heterocycles. The number of phosphoric acid groups is 1. The summed E-state index contributed by atoms with van der Waals surface area (Å²) in [5, 5.41) is 0. The number of halogens is 1. The number of phosphoric ester groups is 1. The van der Waals surface area contributed by atoms with Crippen molar-refractivity contribution in [3.05, 3.63) is 0 Å². The van der Waals surface area contributed by atoms with Gasteiger partial charge in [0.25, 0.3) is 0 Å². The molecule has 0 amide bonds. The summed E-state index contributed by atoms with van der Waals surface area (Å²) in [6.45, 7) is 6.94. The minimum absolute atomic E-state index is 0.0546. The molecule has 1 rings (SSSR count). The molecule has 9 heteroatoms. The lowest BCUT2D eigenvalue weighted by Gasteiger charge is -2.23. The Morgan fingerprint density at radius 2 is 1.95 bits per heavy atom.